The van der Waals surface area contributed by atoms with Gasteiger partial charge in [-0.3, -0.25) is 4.74 Å². The molecule has 0 fully saturated rings. The summed E-state index contributed by atoms with van der Waals surface area (Å²) >= 11 is 0. The lowest BCUT2D eigenvalue weighted by Gasteiger charge is -2.34. The molecule has 122 valence electrons. The van der Waals surface area contributed by atoms with Gasteiger partial charge in [0, 0.05) is 12.8 Å². The van der Waals surface area contributed by atoms with Crippen LogP contribution in [0.25, 0.3) is 0 Å². The molecule has 0 aliphatic heterocycles. The zero-order valence-electron chi connectivity index (χ0n) is 12.1. The van der Waals surface area contributed by atoms with E-state index in [0.29, 0.717) is 12.8 Å². The molecule has 0 bridgehead atoms. The summed E-state index contributed by atoms with van der Waals surface area (Å²) in [7, 11) is 0. The van der Waals surface area contributed by atoms with Gasteiger partial charge in [0.25, 0.3) is 0 Å². The van der Waals surface area contributed by atoms with Crippen molar-refractivity contribution >= 4 is 0 Å². The molecular formula is C12H26O8. The number of rotatable bonds is 13. The van der Waals surface area contributed by atoms with Crippen LogP contribution in [0.4, 0.5) is 0 Å². The van der Waals surface area contributed by atoms with Crippen molar-refractivity contribution in [1.82, 2.24) is 0 Å². The lowest BCUT2D eigenvalue weighted by molar-refractivity contribution is -0.626. The Morgan fingerprint density at radius 3 is 1.65 bits per heavy atom. The quantitative estimate of drug-likeness (QED) is 0.177. The van der Waals surface area contributed by atoms with Crippen LogP contribution < -0.4 is 0 Å². The van der Waals surface area contributed by atoms with Gasteiger partial charge in [0.2, 0.25) is 0 Å². The Balaban J connectivity index is 4.64. The highest BCUT2D eigenvalue weighted by Gasteiger charge is 2.45. The molecule has 0 aromatic heterocycles. The van der Waals surface area contributed by atoms with Crippen LogP contribution in [0.3, 0.4) is 0 Å². The van der Waals surface area contributed by atoms with E-state index in [2.05, 4.69) is 14.7 Å². The molecule has 8 nitrogen and oxygen atoms in total. The standard InChI is InChI=1S/C12H26O8/c1-3-5-7-9-11(13,18-14)17-12(19-15,20-16)10-8-6-4-2/h13-16H,3-10H2,1-2H3. The van der Waals surface area contributed by atoms with Gasteiger partial charge >= 0.3 is 11.9 Å². The van der Waals surface area contributed by atoms with E-state index in [-0.39, 0.29) is 12.8 Å². The van der Waals surface area contributed by atoms with Crippen molar-refractivity contribution in [2.24, 2.45) is 0 Å². The minimum absolute atomic E-state index is 0.0622. The van der Waals surface area contributed by atoms with Gasteiger partial charge in [-0.15, -0.1) is 0 Å². The zero-order valence-corrected chi connectivity index (χ0v) is 12.1. The van der Waals surface area contributed by atoms with E-state index >= 15 is 0 Å². The van der Waals surface area contributed by atoms with Crippen LogP contribution in [0.15, 0.2) is 0 Å². The third-order valence-corrected chi connectivity index (χ3v) is 2.92. The fourth-order valence-corrected chi connectivity index (χ4v) is 1.74. The Hall–Kier alpha value is -0.320. The number of hydrogen-bond acceptors (Lipinski definition) is 8. The summed E-state index contributed by atoms with van der Waals surface area (Å²) in [5, 5.41) is 36.4. The topological polar surface area (TPSA) is 118 Å². The lowest BCUT2D eigenvalue weighted by Crippen LogP contribution is -2.48. The van der Waals surface area contributed by atoms with Crippen LogP contribution in [0.5, 0.6) is 0 Å². The van der Waals surface area contributed by atoms with Crippen molar-refractivity contribution in [2.75, 3.05) is 0 Å². The largest absolute Gasteiger partial charge is 0.343 e. The molecule has 0 aliphatic rings. The average Bonchev–Trinajstić information content (AvgIpc) is 2.47. The monoisotopic (exact) mass is 298 g/mol. The van der Waals surface area contributed by atoms with Crippen LogP contribution in [0.2, 0.25) is 0 Å². The van der Waals surface area contributed by atoms with Crippen molar-refractivity contribution in [3.63, 3.8) is 0 Å². The third kappa shape index (κ3) is 6.91. The van der Waals surface area contributed by atoms with Gasteiger partial charge in [0.05, 0.1) is 0 Å². The van der Waals surface area contributed by atoms with Gasteiger partial charge in [-0.1, -0.05) is 39.5 Å². The Morgan fingerprint density at radius 1 is 0.750 bits per heavy atom. The molecule has 0 aromatic rings. The van der Waals surface area contributed by atoms with Crippen molar-refractivity contribution in [2.45, 2.75) is 77.2 Å². The first-order valence-electron chi connectivity index (χ1n) is 6.91. The van der Waals surface area contributed by atoms with E-state index < -0.39 is 11.9 Å². The zero-order chi connectivity index (χ0) is 15.5. The molecule has 0 spiro atoms. The molecule has 0 heterocycles. The van der Waals surface area contributed by atoms with Gasteiger partial charge in [-0.2, -0.15) is 14.7 Å². The summed E-state index contributed by atoms with van der Waals surface area (Å²) in [4.78, 5) is 11.9. The molecule has 8 heteroatoms. The molecule has 1 unspecified atom stereocenters. The number of aliphatic hydroxyl groups is 1. The van der Waals surface area contributed by atoms with Crippen LogP contribution in [0, 0.1) is 0 Å². The van der Waals surface area contributed by atoms with Crippen molar-refractivity contribution < 1.29 is 40.3 Å². The fourth-order valence-electron chi connectivity index (χ4n) is 1.74. The van der Waals surface area contributed by atoms with Gasteiger partial charge in [-0.25, -0.2) is 15.8 Å². The minimum Gasteiger partial charge on any atom is -0.341 e. The van der Waals surface area contributed by atoms with E-state index in [1.165, 1.54) is 0 Å². The van der Waals surface area contributed by atoms with Crippen molar-refractivity contribution in [3.8, 4) is 0 Å². The summed E-state index contributed by atoms with van der Waals surface area (Å²) in [5.74, 6) is -4.74. The van der Waals surface area contributed by atoms with Crippen LogP contribution in [-0.4, -0.2) is 32.8 Å². The highest BCUT2D eigenvalue weighted by Crippen LogP contribution is 2.30. The first-order valence-corrected chi connectivity index (χ1v) is 6.91. The van der Waals surface area contributed by atoms with Crippen molar-refractivity contribution in [1.29, 1.82) is 0 Å². The summed E-state index contributed by atoms with van der Waals surface area (Å²) in [6, 6.07) is 0. The fraction of sp³-hybridized carbons (Fsp3) is 1.00. The predicted molar refractivity (Wildman–Crippen MR) is 68.2 cm³/mol. The second-order valence-electron chi connectivity index (χ2n) is 4.69. The third-order valence-electron chi connectivity index (χ3n) is 2.92. The van der Waals surface area contributed by atoms with E-state index in [9.17, 15) is 5.11 Å². The predicted octanol–water partition coefficient (Wildman–Crippen LogP) is 2.93. The summed E-state index contributed by atoms with van der Waals surface area (Å²) in [5.41, 5.74) is 0. The molecule has 0 amide bonds. The van der Waals surface area contributed by atoms with Crippen LogP contribution in [-0.2, 0) is 19.4 Å². The smallest absolute Gasteiger partial charge is 0.341 e. The second kappa shape index (κ2) is 10.4. The number of hydrogen-bond donors (Lipinski definition) is 4. The van der Waals surface area contributed by atoms with E-state index in [1.54, 1.807) is 0 Å². The first-order chi connectivity index (χ1) is 9.51. The van der Waals surface area contributed by atoms with E-state index in [0.717, 1.165) is 25.7 Å². The first kappa shape index (κ1) is 19.7. The molecule has 0 saturated carbocycles. The highest BCUT2D eigenvalue weighted by atomic mass is 17.3. The second-order valence-corrected chi connectivity index (χ2v) is 4.69. The number of ether oxygens (including phenoxy) is 1. The summed E-state index contributed by atoms with van der Waals surface area (Å²) in [6.45, 7) is 3.92. The van der Waals surface area contributed by atoms with Crippen LogP contribution >= 0.6 is 0 Å². The lowest BCUT2D eigenvalue weighted by atomic mass is 10.1. The molecule has 0 rings (SSSR count). The molecule has 1 atom stereocenters. The number of unbranched alkanes of at least 4 members (excludes halogenated alkanes) is 4. The van der Waals surface area contributed by atoms with Crippen molar-refractivity contribution in [3.05, 3.63) is 0 Å². The summed E-state index contributed by atoms with van der Waals surface area (Å²) in [6.07, 6.45) is 4.15. The minimum atomic E-state index is -2.44. The Morgan fingerprint density at radius 2 is 1.25 bits per heavy atom. The maximum atomic E-state index is 9.92. The Kier molecular flexibility index (Phi) is 10.2. The highest BCUT2D eigenvalue weighted by molar-refractivity contribution is 4.62. The molecule has 0 aromatic carbocycles. The molecule has 20 heavy (non-hydrogen) atoms. The molecule has 0 radical (unpaired) electrons. The van der Waals surface area contributed by atoms with Gasteiger partial charge in [0.15, 0.2) is 0 Å². The van der Waals surface area contributed by atoms with Gasteiger partial charge in [0.1, 0.15) is 0 Å². The Labute approximate surface area is 118 Å². The summed E-state index contributed by atoms with van der Waals surface area (Å²) < 4.78 is 4.91. The maximum Gasteiger partial charge on any atom is 0.343 e. The molecule has 0 aliphatic carbocycles. The van der Waals surface area contributed by atoms with E-state index in [1.807, 2.05) is 13.8 Å². The molecule has 0 saturated heterocycles. The SMILES string of the molecule is CCCCCC(O)(OO)OC(CCCCC)(OO)OO. The van der Waals surface area contributed by atoms with Gasteiger partial charge < -0.3 is 5.11 Å². The maximum absolute atomic E-state index is 9.92. The van der Waals surface area contributed by atoms with E-state index in [4.69, 9.17) is 20.5 Å². The normalized spacial score (nSPS) is 15.3. The Bertz CT molecular complexity index is 233. The molecular weight excluding hydrogens is 272 g/mol. The average molecular weight is 298 g/mol. The van der Waals surface area contributed by atoms with Gasteiger partial charge in [-0.05, 0) is 12.8 Å². The molecule has 4 N–H and O–H groups in total. The van der Waals surface area contributed by atoms with Crippen LogP contribution in [0.1, 0.15) is 65.2 Å².